The lowest BCUT2D eigenvalue weighted by molar-refractivity contribution is -0.892. The van der Waals surface area contributed by atoms with Crippen LogP contribution in [0.2, 0.25) is 0 Å². The Hall–Kier alpha value is -2.12. The van der Waals surface area contributed by atoms with Crippen LogP contribution in [-0.2, 0) is 17.6 Å². The molecule has 28 heavy (non-hydrogen) atoms. The molecule has 1 aromatic carbocycles. The molecule has 1 fully saturated rings. The predicted molar refractivity (Wildman–Crippen MR) is 113 cm³/mol. The highest BCUT2D eigenvalue weighted by atomic mass is 32.1. The van der Waals surface area contributed by atoms with Gasteiger partial charge in [-0.3, -0.25) is 10.1 Å². The van der Waals surface area contributed by atoms with Gasteiger partial charge in [0.25, 0.3) is 5.91 Å². The van der Waals surface area contributed by atoms with Gasteiger partial charge in [0.1, 0.15) is 5.75 Å². The molecule has 150 valence electrons. The smallest absolute Gasteiger partial charge is 0.281 e. The number of aromatic nitrogens is 1. The number of methoxy groups -OCH3 is 1. The molecule has 2 heterocycles. The van der Waals surface area contributed by atoms with E-state index in [1.807, 2.05) is 18.2 Å². The number of para-hydroxylation sites is 2. The van der Waals surface area contributed by atoms with Gasteiger partial charge < -0.3 is 14.5 Å². The van der Waals surface area contributed by atoms with E-state index >= 15 is 0 Å². The summed E-state index contributed by atoms with van der Waals surface area (Å²) in [6.45, 7) is 6.52. The van der Waals surface area contributed by atoms with Crippen LogP contribution >= 0.6 is 11.3 Å². The topological polar surface area (TPSA) is 58.9 Å². The number of thiazole rings is 1. The summed E-state index contributed by atoms with van der Waals surface area (Å²) in [7, 11) is 1.71. The molecule has 2 aliphatic rings. The minimum atomic E-state index is 0.0693. The van der Waals surface area contributed by atoms with Crippen LogP contribution in [0.4, 0.5) is 10.8 Å². The Kier molecular flexibility index (Phi) is 5.82. The molecule has 1 amide bonds. The summed E-state index contributed by atoms with van der Waals surface area (Å²) in [5.74, 6) is 1.70. The minimum Gasteiger partial charge on any atom is -0.495 e. The zero-order valence-electron chi connectivity index (χ0n) is 16.7. The van der Waals surface area contributed by atoms with Gasteiger partial charge in [-0.25, -0.2) is 4.98 Å². The molecular weight excluding hydrogens is 372 g/mol. The molecule has 1 atom stereocenters. The van der Waals surface area contributed by atoms with Gasteiger partial charge in [-0.1, -0.05) is 19.1 Å². The van der Waals surface area contributed by atoms with Gasteiger partial charge >= 0.3 is 0 Å². The molecule has 1 aliphatic carbocycles. The maximum absolute atomic E-state index is 12.5. The van der Waals surface area contributed by atoms with E-state index in [1.54, 1.807) is 18.4 Å². The first-order valence-electron chi connectivity index (χ1n) is 10.1. The second kappa shape index (κ2) is 8.49. The van der Waals surface area contributed by atoms with Crippen molar-refractivity contribution in [2.75, 3.05) is 50.1 Å². The van der Waals surface area contributed by atoms with Crippen LogP contribution in [-0.4, -0.2) is 50.7 Å². The zero-order chi connectivity index (χ0) is 19.5. The van der Waals surface area contributed by atoms with Crippen LogP contribution in [0.3, 0.4) is 0 Å². The van der Waals surface area contributed by atoms with Crippen LogP contribution in [0.5, 0.6) is 5.75 Å². The van der Waals surface area contributed by atoms with E-state index in [0.717, 1.165) is 61.5 Å². The van der Waals surface area contributed by atoms with Crippen LogP contribution in [0.1, 0.15) is 23.9 Å². The van der Waals surface area contributed by atoms with Gasteiger partial charge in [-0.05, 0) is 37.3 Å². The van der Waals surface area contributed by atoms with Crippen molar-refractivity contribution in [3.63, 3.8) is 0 Å². The number of ether oxygens (including phenoxy) is 1. The number of piperazine rings is 1. The molecule has 1 aliphatic heterocycles. The molecule has 0 unspecified atom stereocenters. The Morgan fingerprint density at radius 1 is 1.36 bits per heavy atom. The van der Waals surface area contributed by atoms with E-state index < -0.39 is 0 Å². The van der Waals surface area contributed by atoms with Crippen LogP contribution in [0.25, 0.3) is 0 Å². The molecule has 7 heteroatoms. The number of anilines is 2. The highest BCUT2D eigenvalue weighted by molar-refractivity contribution is 7.15. The fourth-order valence-electron chi connectivity index (χ4n) is 4.12. The average molecular weight is 402 g/mol. The summed E-state index contributed by atoms with van der Waals surface area (Å²) < 4.78 is 5.48. The van der Waals surface area contributed by atoms with Gasteiger partial charge in [-0.15, -0.1) is 11.3 Å². The number of hydrogen-bond donors (Lipinski definition) is 2. The number of fused-ring (bicyclic) bond motifs is 1. The van der Waals surface area contributed by atoms with Crippen molar-refractivity contribution in [3.05, 3.63) is 34.8 Å². The largest absolute Gasteiger partial charge is 0.495 e. The van der Waals surface area contributed by atoms with E-state index in [9.17, 15) is 4.79 Å². The van der Waals surface area contributed by atoms with Crippen molar-refractivity contribution in [1.82, 2.24) is 4.98 Å². The number of benzene rings is 1. The molecule has 0 saturated carbocycles. The lowest BCUT2D eigenvalue weighted by Crippen LogP contribution is -3.15. The van der Waals surface area contributed by atoms with Crippen LogP contribution < -0.4 is 19.9 Å². The SMILES string of the molecule is COc1ccccc1N1CC[NH+](CC(=O)Nc2nc3c(s2)C[C@H](C)CC3)CC1. The maximum atomic E-state index is 12.5. The van der Waals surface area contributed by atoms with Gasteiger partial charge in [-0.2, -0.15) is 0 Å². The zero-order valence-corrected chi connectivity index (χ0v) is 17.5. The quantitative estimate of drug-likeness (QED) is 0.799. The second-order valence-corrected chi connectivity index (χ2v) is 8.95. The standard InChI is InChI=1S/C21H28N4O2S/c1-15-7-8-16-19(13-15)28-21(22-16)23-20(26)14-24-9-11-25(12-10-24)17-5-3-4-6-18(17)27-2/h3-6,15H,7-14H2,1-2H3,(H,22,23,26)/p+1/t15-/m1/s1. The highest BCUT2D eigenvalue weighted by Crippen LogP contribution is 2.32. The summed E-state index contributed by atoms with van der Waals surface area (Å²) >= 11 is 1.66. The first-order chi connectivity index (χ1) is 13.6. The monoisotopic (exact) mass is 401 g/mol. The Labute approximate surface area is 170 Å². The molecule has 0 bridgehead atoms. The number of aryl methyl sites for hydroxylation is 1. The molecule has 2 N–H and O–H groups in total. The fourth-order valence-corrected chi connectivity index (χ4v) is 5.30. The molecule has 4 rings (SSSR count). The summed E-state index contributed by atoms with van der Waals surface area (Å²) in [6, 6.07) is 8.13. The summed E-state index contributed by atoms with van der Waals surface area (Å²) in [6.07, 6.45) is 3.34. The number of amides is 1. The number of carbonyl (C=O) groups is 1. The first kappa shape index (κ1) is 19.2. The molecule has 1 saturated heterocycles. The van der Waals surface area contributed by atoms with E-state index in [0.29, 0.717) is 6.54 Å². The third-order valence-corrected chi connectivity index (χ3v) is 6.77. The molecule has 0 spiro atoms. The summed E-state index contributed by atoms with van der Waals surface area (Å²) in [4.78, 5) is 22.2. The third-order valence-electron chi connectivity index (χ3n) is 5.74. The third kappa shape index (κ3) is 4.31. The van der Waals surface area contributed by atoms with E-state index in [-0.39, 0.29) is 5.91 Å². The Morgan fingerprint density at radius 3 is 2.93 bits per heavy atom. The average Bonchev–Trinajstić information content (AvgIpc) is 3.09. The van der Waals surface area contributed by atoms with Gasteiger partial charge in [0.15, 0.2) is 11.7 Å². The number of hydrogen-bond acceptors (Lipinski definition) is 5. The maximum Gasteiger partial charge on any atom is 0.281 e. The fraction of sp³-hybridized carbons (Fsp3) is 0.524. The predicted octanol–water partition coefficient (Wildman–Crippen LogP) is 1.62. The number of quaternary nitrogens is 1. The Morgan fingerprint density at radius 2 is 2.14 bits per heavy atom. The Bertz CT molecular complexity index is 830. The highest BCUT2D eigenvalue weighted by Gasteiger charge is 2.25. The van der Waals surface area contributed by atoms with Crippen LogP contribution in [0, 0.1) is 5.92 Å². The van der Waals surface area contributed by atoms with Gasteiger partial charge in [0.05, 0.1) is 44.7 Å². The van der Waals surface area contributed by atoms with Crippen molar-refractivity contribution in [2.24, 2.45) is 5.92 Å². The summed E-state index contributed by atoms with van der Waals surface area (Å²) in [5.41, 5.74) is 2.33. The van der Waals surface area contributed by atoms with E-state index in [4.69, 9.17) is 4.74 Å². The lowest BCUT2D eigenvalue weighted by atomic mass is 9.93. The van der Waals surface area contributed by atoms with E-state index in [1.165, 1.54) is 21.9 Å². The number of carbonyl (C=O) groups excluding carboxylic acids is 1. The minimum absolute atomic E-state index is 0.0693. The normalized spacial score (nSPS) is 19.9. The van der Waals surface area contributed by atoms with Crippen LogP contribution in [0.15, 0.2) is 24.3 Å². The first-order valence-corrected chi connectivity index (χ1v) is 10.9. The summed E-state index contributed by atoms with van der Waals surface area (Å²) in [5, 5.41) is 3.81. The van der Waals surface area contributed by atoms with Crippen molar-refractivity contribution >= 4 is 28.1 Å². The molecule has 1 aromatic heterocycles. The number of nitrogens with one attached hydrogen (secondary N) is 2. The van der Waals surface area contributed by atoms with Gasteiger partial charge in [0, 0.05) is 4.88 Å². The van der Waals surface area contributed by atoms with Gasteiger partial charge in [0.2, 0.25) is 0 Å². The van der Waals surface area contributed by atoms with Crippen molar-refractivity contribution < 1.29 is 14.4 Å². The van der Waals surface area contributed by atoms with Crippen molar-refractivity contribution in [1.29, 1.82) is 0 Å². The number of nitrogens with zero attached hydrogens (tertiary/aromatic N) is 2. The lowest BCUT2D eigenvalue weighted by Gasteiger charge is -2.33. The molecule has 6 nitrogen and oxygen atoms in total. The molecule has 0 radical (unpaired) electrons. The second-order valence-electron chi connectivity index (χ2n) is 7.87. The molecule has 2 aromatic rings. The van der Waals surface area contributed by atoms with Crippen molar-refractivity contribution in [3.8, 4) is 5.75 Å². The Balaban J connectivity index is 1.28. The van der Waals surface area contributed by atoms with Crippen molar-refractivity contribution in [2.45, 2.75) is 26.2 Å². The number of rotatable bonds is 5. The van der Waals surface area contributed by atoms with E-state index in [2.05, 4.69) is 28.2 Å². The molecular formula is C21H29N4O2S+.